The Morgan fingerprint density at radius 3 is 2.59 bits per heavy atom. The van der Waals surface area contributed by atoms with Crippen molar-refractivity contribution in [3.8, 4) is 0 Å². The smallest absolute Gasteiger partial charge is 0.191 e. The molecule has 0 atom stereocenters. The van der Waals surface area contributed by atoms with E-state index in [2.05, 4.69) is 56.4 Å². The lowest BCUT2D eigenvalue weighted by molar-refractivity contribution is 0.129. The van der Waals surface area contributed by atoms with Gasteiger partial charge in [-0.15, -0.1) is 24.0 Å². The number of ether oxygens (including phenoxy) is 1. The van der Waals surface area contributed by atoms with E-state index in [0.29, 0.717) is 0 Å². The lowest BCUT2D eigenvalue weighted by atomic mass is 10.2. The summed E-state index contributed by atoms with van der Waals surface area (Å²) >= 11 is 0. The van der Waals surface area contributed by atoms with Crippen LogP contribution in [0.3, 0.4) is 0 Å². The second-order valence-corrected chi connectivity index (χ2v) is 7.12. The molecule has 0 aliphatic carbocycles. The number of halogens is 1. The Kier molecular flexibility index (Phi) is 14.0. The summed E-state index contributed by atoms with van der Waals surface area (Å²) in [5.74, 6) is 1.89. The number of piperazine rings is 1. The minimum atomic E-state index is 0. The third-order valence-electron chi connectivity index (χ3n) is 5.04. The van der Waals surface area contributed by atoms with Gasteiger partial charge in [-0.3, -0.25) is 4.99 Å². The number of hydrogen-bond donors (Lipinski definition) is 2. The van der Waals surface area contributed by atoms with Gasteiger partial charge in [0.25, 0.3) is 0 Å². The van der Waals surface area contributed by atoms with Crippen molar-refractivity contribution in [3.05, 3.63) is 23.9 Å². The fourth-order valence-electron chi connectivity index (χ4n) is 3.17. The summed E-state index contributed by atoms with van der Waals surface area (Å²) in [4.78, 5) is 13.7. The summed E-state index contributed by atoms with van der Waals surface area (Å²) in [6.45, 7) is 13.1. The maximum atomic E-state index is 5.59. The molecule has 8 heteroatoms. The number of pyridine rings is 1. The van der Waals surface area contributed by atoms with Crippen molar-refractivity contribution >= 4 is 35.8 Å². The fraction of sp³-hybridized carbons (Fsp3) is 0.714. The lowest BCUT2D eigenvalue weighted by Gasteiger charge is -2.34. The maximum absolute atomic E-state index is 5.59. The molecule has 0 aromatic carbocycles. The molecule has 1 fully saturated rings. The van der Waals surface area contributed by atoms with Gasteiger partial charge in [0.05, 0.1) is 0 Å². The molecular weight excluding hydrogens is 479 g/mol. The largest absolute Gasteiger partial charge is 0.381 e. The molecule has 2 rings (SSSR count). The summed E-state index contributed by atoms with van der Waals surface area (Å²) in [7, 11) is 1.80. The molecule has 0 spiro atoms. The number of aromatic nitrogens is 1. The standard InChI is InChI=1S/C21H38N6O.HI/c1-4-6-15-28-16-7-9-24-21(22-3)25-18-19-8-10-23-20(17-19)27-13-11-26(5-2)12-14-27;/h8,10,17H,4-7,9,11-16,18H2,1-3H3,(H2,22,24,25);1H. The second-order valence-electron chi connectivity index (χ2n) is 7.12. The van der Waals surface area contributed by atoms with Gasteiger partial charge in [0, 0.05) is 65.7 Å². The fourth-order valence-corrected chi connectivity index (χ4v) is 3.17. The first-order valence-corrected chi connectivity index (χ1v) is 10.7. The summed E-state index contributed by atoms with van der Waals surface area (Å²) in [6, 6.07) is 4.25. The quantitative estimate of drug-likeness (QED) is 0.203. The lowest BCUT2D eigenvalue weighted by Crippen LogP contribution is -2.46. The molecule has 2 heterocycles. The van der Waals surface area contributed by atoms with Crippen LogP contribution in [0.4, 0.5) is 5.82 Å². The van der Waals surface area contributed by atoms with E-state index < -0.39 is 0 Å². The molecule has 1 aliphatic rings. The Morgan fingerprint density at radius 1 is 1.14 bits per heavy atom. The molecule has 0 bridgehead atoms. The molecule has 29 heavy (non-hydrogen) atoms. The first-order valence-electron chi connectivity index (χ1n) is 10.7. The van der Waals surface area contributed by atoms with Gasteiger partial charge in [-0.25, -0.2) is 4.98 Å². The van der Waals surface area contributed by atoms with E-state index >= 15 is 0 Å². The van der Waals surface area contributed by atoms with Crippen molar-refractivity contribution in [3.63, 3.8) is 0 Å². The Bertz CT molecular complexity index is 578. The van der Waals surface area contributed by atoms with Crippen molar-refractivity contribution in [1.82, 2.24) is 20.5 Å². The van der Waals surface area contributed by atoms with E-state index in [1.54, 1.807) is 7.05 Å². The molecule has 0 unspecified atom stereocenters. The highest BCUT2D eigenvalue weighted by molar-refractivity contribution is 14.0. The normalized spacial score (nSPS) is 15.1. The van der Waals surface area contributed by atoms with Gasteiger partial charge in [0.15, 0.2) is 5.96 Å². The molecule has 1 aromatic rings. The Hall–Kier alpha value is -1.13. The molecule has 0 radical (unpaired) electrons. The molecule has 1 aromatic heterocycles. The highest BCUT2D eigenvalue weighted by atomic mass is 127. The number of hydrogen-bond acceptors (Lipinski definition) is 5. The van der Waals surface area contributed by atoms with Crippen molar-refractivity contribution in [2.75, 3.05) is 64.4 Å². The van der Waals surface area contributed by atoms with Crippen LogP contribution < -0.4 is 15.5 Å². The molecule has 1 saturated heterocycles. The first kappa shape index (κ1) is 25.9. The zero-order valence-electron chi connectivity index (χ0n) is 18.3. The number of nitrogens with zero attached hydrogens (tertiary/aromatic N) is 4. The van der Waals surface area contributed by atoms with Crippen LogP contribution in [0.2, 0.25) is 0 Å². The van der Waals surface area contributed by atoms with Crippen molar-refractivity contribution in [2.45, 2.75) is 39.7 Å². The second kappa shape index (κ2) is 15.7. The van der Waals surface area contributed by atoms with E-state index in [1.807, 2.05) is 6.20 Å². The van der Waals surface area contributed by atoms with Crippen LogP contribution in [0, 0.1) is 0 Å². The highest BCUT2D eigenvalue weighted by Gasteiger charge is 2.16. The van der Waals surface area contributed by atoms with E-state index in [9.17, 15) is 0 Å². The van der Waals surface area contributed by atoms with Gasteiger partial charge in [-0.05, 0) is 37.1 Å². The Morgan fingerprint density at radius 2 is 1.90 bits per heavy atom. The number of rotatable bonds is 11. The van der Waals surface area contributed by atoms with Crippen LogP contribution in [0.15, 0.2) is 23.3 Å². The number of nitrogens with one attached hydrogen (secondary N) is 2. The van der Waals surface area contributed by atoms with E-state index in [-0.39, 0.29) is 24.0 Å². The predicted molar refractivity (Wildman–Crippen MR) is 133 cm³/mol. The maximum Gasteiger partial charge on any atom is 0.191 e. The predicted octanol–water partition coefficient (Wildman–Crippen LogP) is 2.71. The van der Waals surface area contributed by atoms with Gasteiger partial charge in [-0.2, -0.15) is 0 Å². The molecule has 0 saturated carbocycles. The summed E-state index contributed by atoms with van der Waals surface area (Å²) in [5.41, 5.74) is 1.22. The van der Waals surface area contributed by atoms with Gasteiger partial charge in [-0.1, -0.05) is 20.3 Å². The van der Waals surface area contributed by atoms with Crippen LogP contribution in [0.1, 0.15) is 38.7 Å². The molecule has 7 nitrogen and oxygen atoms in total. The van der Waals surface area contributed by atoms with Crippen LogP contribution in [0.5, 0.6) is 0 Å². The van der Waals surface area contributed by atoms with Crippen LogP contribution in [-0.4, -0.2) is 75.4 Å². The van der Waals surface area contributed by atoms with Crippen molar-refractivity contribution in [2.24, 2.45) is 4.99 Å². The van der Waals surface area contributed by atoms with E-state index in [4.69, 9.17) is 4.74 Å². The van der Waals surface area contributed by atoms with Gasteiger partial charge < -0.3 is 25.2 Å². The summed E-state index contributed by atoms with van der Waals surface area (Å²) in [5, 5.41) is 6.73. The average Bonchev–Trinajstić information content (AvgIpc) is 2.75. The minimum Gasteiger partial charge on any atom is -0.381 e. The minimum absolute atomic E-state index is 0. The number of unbranched alkanes of at least 4 members (excludes halogenated alkanes) is 1. The Balaban J connectivity index is 0.00000420. The van der Waals surface area contributed by atoms with E-state index in [0.717, 1.165) is 83.6 Å². The first-order chi connectivity index (χ1) is 13.8. The molecule has 2 N–H and O–H groups in total. The molecule has 0 amide bonds. The van der Waals surface area contributed by atoms with Crippen molar-refractivity contribution in [1.29, 1.82) is 0 Å². The van der Waals surface area contributed by atoms with Gasteiger partial charge >= 0.3 is 0 Å². The van der Waals surface area contributed by atoms with Crippen LogP contribution in [0.25, 0.3) is 0 Å². The van der Waals surface area contributed by atoms with Crippen LogP contribution >= 0.6 is 24.0 Å². The summed E-state index contributed by atoms with van der Waals surface area (Å²) in [6.07, 6.45) is 5.20. The number of guanidine groups is 1. The highest BCUT2D eigenvalue weighted by Crippen LogP contribution is 2.15. The van der Waals surface area contributed by atoms with Crippen molar-refractivity contribution < 1.29 is 4.74 Å². The molecule has 1 aliphatic heterocycles. The monoisotopic (exact) mass is 518 g/mol. The zero-order valence-corrected chi connectivity index (χ0v) is 20.7. The average molecular weight is 518 g/mol. The van der Waals surface area contributed by atoms with Gasteiger partial charge in [0.1, 0.15) is 5.82 Å². The number of anilines is 1. The third-order valence-corrected chi connectivity index (χ3v) is 5.04. The summed E-state index contributed by atoms with van der Waals surface area (Å²) < 4.78 is 5.59. The number of likely N-dealkylation sites (N-methyl/N-ethyl adjacent to an activating group) is 1. The third kappa shape index (κ3) is 9.95. The van der Waals surface area contributed by atoms with Gasteiger partial charge in [0.2, 0.25) is 0 Å². The number of aliphatic imine (C=N–C) groups is 1. The van der Waals surface area contributed by atoms with E-state index in [1.165, 1.54) is 12.0 Å². The molecular formula is C21H39IN6O. The zero-order chi connectivity index (χ0) is 20.0. The SMILES string of the molecule is CCCCOCCCNC(=NC)NCc1ccnc(N2CCN(CC)CC2)c1.I. The topological polar surface area (TPSA) is 65.0 Å². The van der Waals surface area contributed by atoms with Crippen LogP contribution in [-0.2, 0) is 11.3 Å². The molecule has 166 valence electrons. The Labute approximate surface area is 193 Å².